The molecule has 1 aromatic heterocycles. The van der Waals surface area contributed by atoms with Gasteiger partial charge in [0.15, 0.2) is 0 Å². The quantitative estimate of drug-likeness (QED) is 0.892. The molecule has 1 heterocycles. The van der Waals surface area contributed by atoms with Gasteiger partial charge in [-0.2, -0.15) is 10.2 Å². The second kappa shape index (κ2) is 5.27. The summed E-state index contributed by atoms with van der Waals surface area (Å²) in [6.07, 6.45) is 1.22. The molecule has 0 fully saturated rings. The van der Waals surface area contributed by atoms with Gasteiger partial charge in [0.25, 0.3) is 0 Å². The topological polar surface area (TPSA) is 72.3 Å². The number of carboxylic acid groups (broad SMARTS) is 1. The van der Waals surface area contributed by atoms with Crippen LogP contribution >= 0.6 is 0 Å². The van der Waals surface area contributed by atoms with Gasteiger partial charge in [-0.1, -0.05) is 0 Å². The Bertz CT molecular complexity index is 552. The van der Waals surface area contributed by atoms with E-state index in [1.54, 1.807) is 0 Å². The molecule has 0 atom stereocenters. The Labute approximate surface area is 104 Å². The van der Waals surface area contributed by atoms with Crippen molar-refractivity contribution in [1.29, 1.82) is 0 Å². The van der Waals surface area contributed by atoms with Crippen LogP contribution < -0.4 is 4.74 Å². The molecule has 5 nitrogen and oxygen atoms in total. The van der Waals surface area contributed by atoms with Crippen molar-refractivity contribution >= 4 is 5.97 Å². The first-order valence-corrected chi connectivity index (χ1v) is 5.50. The van der Waals surface area contributed by atoms with Gasteiger partial charge in [0, 0.05) is 5.56 Å². The summed E-state index contributed by atoms with van der Waals surface area (Å²) in [5, 5.41) is 16.5. The molecule has 92 valence electrons. The van der Waals surface area contributed by atoms with Crippen molar-refractivity contribution in [2.75, 3.05) is 6.61 Å². The van der Waals surface area contributed by atoms with Crippen molar-refractivity contribution in [1.82, 2.24) is 10.2 Å². The molecule has 0 aliphatic rings. The Kier molecular flexibility index (Phi) is 3.52. The normalized spacial score (nSPS) is 10.1. The number of hydrogen-bond donors (Lipinski definition) is 1. The Morgan fingerprint density at radius 3 is 2.67 bits per heavy atom. The van der Waals surface area contributed by atoms with Crippen LogP contribution in [0.2, 0.25) is 0 Å². The standard InChI is InChI=1S/C13H12N2O3/c1-2-18-11-5-3-9(4-6-11)12-7-10(13(16)17)8-14-15-12/h3-8H,2H2,1H3,(H,16,17). The SMILES string of the molecule is CCOc1ccc(-c2cc(C(=O)O)cnn2)cc1. The molecular weight excluding hydrogens is 232 g/mol. The summed E-state index contributed by atoms with van der Waals surface area (Å²) in [5.41, 5.74) is 1.45. The highest BCUT2D eigenvalue weighted by atomic mass is 16.5. The number of carbonyl (C=O) groups is 1. The predicted molar refractivity (Wildman–Crippen MR) is 65.6 cm³/mol. The number of hydrogen-bond acceptors (Lipinski definition) is 4. The van der Waals surface area contributed by atoms with Crippen molar-refractivity contribution in [2.24, 2.45) is 0 Å². The lowest BCUT2D eigenvalue weighted by Gasteiger charge is -2.04. The van der Waals surface area contributed by atoms with E-state index in [-0.39, 0.29) is 5.56 Å². The summed E-state index contributed by atoms with van der Waals surface area (Å²) < 4.78 is 5.33. The predicted octanol–water partition coefficient (Wildman–Crippen LogP) is 2.24. The minimum atomic E-state index is -1.02. The third-order valence-electron chi connectivity index (χ3n) is 2.36. The minimum Gasteiger partial charge on any atom is -0.494 e. The van der Waals surface area contributed by atoms with Gasteiger partial charge < -0.3 is 9.84 Å². The van der Waals surface area contributed by atoms with Crippen LogP contribution in [0.4, 0.5) is 0 Å². The molecule has 0 saturated carbocycles. The van der Waals surface area contributed by atoms with Crippen molar-refractivity contribution < 1.29 is 14.6 Å². The van der Waals surface area contributed by atoms with Crippen LogP contribution in [0.25, 0.3) is 11.3 Å². The molecule has 5 heteroatoms. The summed E-state index contributed by atoms with van der Waals surface area (Å²) in [7, 11) is 0. The van der Waals surface area contributed by atoms with E-state index in [0.717, 1.165) is 11.3 Å². The number of nitrogens with zero attached hydrogens (tertiary/aromatic N) is 2. The Hall–Kier alpha value is -2.43. The molecule has 18 heavy (non-hydrogen) atoms. The Balaban J connectivity index is 2.30. The third-order valence-corrected chi connectivity index (χ3v) is 2.36. The van der Waals surface area contributed by atoms with Gasteiger partial charge in [0.1, 0.15) is 5.75 Å². The van der Waals surface area contributed by atoms with Gasteiger partial charge in [0.05, 0.1) is 24.1 Å². The van der Waals surface area contributed by atoms with Crippen LogP contribution in [0, 0.1) is 0 Å². The molecule has 0 bridgehead atoms. The van der Waals surface area contributed by atoms with E-state index in [0.29, 0.717) is 12.3 Å². The lowest BCUT2D eigenvalue weighted by atomic mass is 10.1. The van der Waals surface area contributed by atoms with E-state index >= 15 is 0 Å². The molecule has 2 rings (SSSR count). The zero-order chi connectivity index (χ0) is 13.0. The van der Waals surface area contributed by atoms with Crippen molar-refractivity contribution in [2.45, 2.75) is 6.92 Å². The first-order valence-electron chi connectivity index (χ1n) is 5.50. The second-order valence-electron chi connectivity index (χ2n) is 3.59. The molecule has 0 spiro atoms. The zero-order valence-electron chi connectivity index (χ0n) is 9.83. The van der Waals surface area contributed by atoms with E-state index in [1.165, 1.54) is 12.3 Å². The van der Waals surface area contributed by atoms with E-state index in [1.807, 2.05) is 31.2 Å². The highest BCUT2D eigenvalue weighted by Crippen LogP contribution is 2.20. The molecule has 1 aromatic carbocycles. The minimum absolute atomic E-state index is 0.119. The summed E-state index contributed by atoms with van der Waals surface area (Å²) in [4.78, 5) is 10.8. The number of ether oxygens (including phenoxy) is 1. The molecule has 0 radical (unpaired) electrons. The smallest absolute Gasteiger partial charge is 0.337 e. The summed E-state index contributed by atoms with van der Waals surface area (Å²) in [6.45, 7) is 2.52. The van der Waals surface area contributed by atoms with Gasteiger partial charge in [-0.05, 0) is 37.3 Å². The third kappa shape index (κ3) is 2.63. The van der Waals surface area contributed by atoms with Gasteiger partial charge in [-0.25, -0.2) is 4.79 Å². The highest BCUT2D eigenvalue weighted by molar-refractivity contribution is 5.88. The molecule has 0 saturated heterocycles. The molecule has 0 aliphatic heterocycles. The first kappa shape index (κ1) is 12.0. The average Bonchev–Trinajstić information content (AvgIpc) is 2.40. The lowest BCUT2D eigenvalue weighted by Crippen LogP contribution is -1.99. The monoisotopic (exact) mass is 244 g/mol. The number of rotatable bonds is 4. The van der Waals surface area contributed by atoms with Gasteiger partial charge in [-0.15, -0.1) is 0 Å². The van der Waals surface area contributed by atoms with E-state index in [4.69, 9.17) is 9.84 Å². The summed E-state index contributed by atoms with van der Waals surface area (Å²) >= 11 is 0. The van der Waals surface area contributed by atoms with Gasteiger partial charge in [-0.3, -0.25) is 0 Å². The van der Waals surface area contributed by atoms with E-state index in [2.05, 4.69) is 10.2 Å². The van der Waals surface area contributed by atoms with E-state index in [9.17, 15) is 4.79 Å². The van der Waals surface area contributed by atoms with Crippen LogP contribution in [0.3, 0.4) is 0 Å². The maximum atomic E-state index is 10.8. The molecular formula is C13H12N2O3. The van der Waals surface area contributed by atoms with Gasteiger partial charge in [0.2, 0.25) is 0 Å². The fraction of sp³-hybridized carbons (Fsp3) is 0.154. The van der Waals surface area contributed by atoms with E-state index < -0.39 is 5.97 Å². The molecule has 0 unspecified atom stereocenters. The lowest BCUT2D eigenvalue weighted by molar-refractivity contribution is 0.0696. The van der Waals surface area contributed by atoms with Crippen molar-refractivity contribution in [3.05, 3.63) is 42.1 Å². The van der Waals surface area contributed by atoms with Crippen LogP contribution in [0.1, 0.15) is 17.3 Å². The maximum absolute atomic E-state index is 10.8. The van der Waals surface area contributed by atoms with Crippen molar-refractivity contribution in [3.8, 4) is 17.0 Å². The number of carboxylic acids is 1. The molecule has 0 aliphatic carbocycles. The maximum Gasteiger partial charge on any atom is 0.337 e. The Morgan fingerprint density at radius 2 is 2.06 bits per heavy atom. The second-order valence-corrected chi connectivity index (χ2v) is 3.59. The Morgan fingerprint density at radius 1 is 1.33 bits per heavy atom. The first-order chi connectivity index (χ1) is 8.70. The molecule has 0 amide bonds. The van der Waals surface area contributed by atoms with Crippen LogP contribution in [-0.2, 0) is 0 Å². The summed E-state index contributed by atoms with van der Waals surface area (Å²) in [6, 6.07) is 8.76. The fourth-order valence-corrected chi connectivity index (χ4v) is 1.51. The van der Waals surface area contributed by atoms with Crippen LogP contribution in [-0.4, -0.2) is 27.9 Å². The van der Waals surface area contributed by atoms with Gasteiger partial charge >= 0.3 is 5.97 Å². The van der Waals surface area contributed by atoms with Crippen LogP contribution in [0.5, 0.6) is 5.75 Å². The average molecular weight is 244 g/mol. The number of benzene rings is 1. The largest absolute Gasteiger partial charge is 0.494 e. The van der Waals surface area contributed by atoms with Crippen LogP contribution in [0.15, 0.2) is 36.5 Å². The summed E-state index contributed by atoms with van der Waals surface area (Å²) in [5.74, 6) is -0.249. The molecule has 2 aromatic rings. The molecule has 1 N–H and O–H groups in total. The fourth-order valence-electron chi connectivity index (χ4n) is 1.51. The van der Waals surface area contributed by atoms with Crippen molar-refractivity contribution in [3.63, 3.8) is 0 Å². The highest BCUT2D eigenvalue weighted by Gasteiger charge is 2.07. The number of aromatic carboxylic acids is 1. The number of aromatic nitrogens is 2. The zero-order valence-corrected chi connectivity index (χ0v) is 9.83.